The Balaban J connectivity index is 2.03. The summed E-state index contributed by atoms with van der Waals surface area (Å²) in [6, 6.07) is 15.3. The first kappa shape index (κ1) is 18.4. The van der Waals surface area contributed by atoms with E-state index in [0.29, 0.717) is 5.56 Å². The molecule has 0 bridgehead atoms. The third kappa shape index (κ3) is 4.52. The smallest absolute Gasteiger partial charge is 0.279 e. The number of rotatable bonds is 7. The maximum Gasteiger partial charge on any atom is 0.279 e. The number of aliphatic hydroxyl groups is 1. The first-order chi connectivity index (χ1) is 11.3. The molecule has 2 unspecified atom stereocenters. The summed E-state index contributed by atoms with van der Waals surface area (Å²) in [7, 11) is -2.34. The molecule has 2 aromatic carbocycles. The number of aliphatic hydroxyl groups excluding tert-OH is 1. The highest BCUT2D eigenvalue weighted by Gasteiger charge is 2.21. The highest BCUT2D eigenvalue weighted by atomic mass is 32.2. The van der Waals surface area contributed by atoms with E-state index in [1.807, 2.05) is 42.5 Å². The van der Waals surface area contributed by atoms with Gasteiger partial charge in [-0.3, -0.25) is 0 Å². The van der Waals surface area contributed by atoms with Crippen LogP contribution in [0.4, 0.5) is 0 Å². The minimum Gasteiger partial charge on any atom is -0.387 e. The van der Waals surface area contributed by atoms with E-state index in [0.717, 1.165) is 15.1 Å². The lowest BCUT2D eigenvalue weighted by Gasteiger charge is -2.20. The summed E-state index contributed by atoms with van der Waals surface area (Å²) in [5, 5.41) is 21.1. The Kier molecular flexibility index (Phi) is 5.91. The summed E-state index contributed by atoms with van der Waals surface area (Å²) in [6.45, 7) is 1.61. The van der Waals surface area contributed by atoms with Crippen LogP contribution < -0.4 is 4.72 Å². The van der Waals surface area contributed by atoms with Gasteiger partial charge in [0.25, 0.3) is 10.2 Å². The van der Waals surface area contributed by atoms with E-state index in [-0.39, 0.29) is 13.1 Å². The zero-order chi connectivity index (χ0) is 17.7. The van der Waals surface area contributed by atoms with Crippen LogP contribution in [0.1, 0.15) is 18.6 Å². The molecule has 0 aliphatic rings. The van der Waals surface area contributed by atoms with Gasteiger partial charge in [-0.1, -0.05) is 36.4 Å². The summed E-state index contributed by atoms with van der Waals surface area (Å²) in [5.41, 5.74) is 0.643. The van der Waals surface area contributed by atoms with Crippen LogP contribution in [-0.4, -0.2) is 38.0 Å². The summed E-state index contributed by atoms with van der Waals surface area (Å²) in [6.07, 6.45) is -0.953. The van der Waals surface area contributed by atoms with Crippen molar-refractivity contribution in [3.8, 4) is 6.07 Å². The van der Waals surface area contributed by atoms with Crippen molar-refractivity contribution in [1.29, 1.82) is 5.26 Å². The average molecular weight is 347 g/mol. The maximum absolute atomic E-state index is 12.1. The molecule has 0 aliphatic carbocycles. The average Bonchev–Trinajstić information content (AvgIpc) is 2.59. The molecule has 128 valence electrons. The Morgan fingerprint density at radius 3 is 2.58 bits per heavy atom. The summed E-state index contributed by atoms with van der Waals surface area (Å²) >= 11 is 0. The fourth-order valence-electron chi connectivity index (χ4n) is 2.35. The van der Waals surface area contributed by atoms with Gasteiger partial charge in [0.15, 0.2) is 0 Å². The van der Waals surface area contributed by atoms with E-state index in [1.54, 1.807) is 13.0 Å². The lowest BCUT2D eigenvalue weighted by molar-refractivity contribution is 0.181. The van der Waals surface area contributed by atoms with Crippen LogP contribution >= 0.6 is 0 Å². The number of nitrogens with one attached hydrogen (secondary N) is 1. The normalized spacial score (nSPS) is 14.5. The van der Waals surface area contributed by atoms with Crippen molar-refractivity contribution in [2.75, 3.05) is 20.1 Å². The molecule has 2 atom stereocenters. The first-order valence-corrected chi connectivity index (χ1v) is 9.05. The second-order valence-electron chi connectivity index (χ2n) is 5.79. The van der Waals surface area contributed by atoms with Gasteiger partial charge in [0, 0.05) is 20.1 Å². The molecule has 2 rings (SSSR count). The van der Waals surface area contributed by atoms with E-state index in [2.05, 4.69) is 4.72 Å². The minimum absolute atomic E-state index is 0.0951. The number of fused-ring (bicyclic) bond motifs is 1. The van der Waals surface area contributed by atoms with Crippen molar-refractivity contribution in [1.82, 2.24) is 9.03 Å². The van der Waals surface area contributed by atoms with Gasteiger partial charge in [0.1, 0.15) is 0 Å². The van der Waals surface area contributed by atoms with E-state index in [1.165, 1.54) is 7.05 Å². The predicted molar refractivity (Wildman–Crippen MR) is 93.2 cm³/mol. The minimum atomic E-state index is -3.74. The first-order valence-electron chi connectivity index (χ1n) is 7.61. The van der Waals surface area contributed by atoms with Crippen LogP contribution in [-0.2, 0) is 10.2 Å². The SMILES string of the molecule is CC(C#N)CN(C)S(=O)(=O)NCC(O)c1ccc2ccccc2c1. The van der Waals surface area contributed by atoms with Gasteiger partial charge in [-0.25, -0.2) is 0 Å². The molecular weight excluding hydrogens is 326 g/mol. The highest BCUT2D eigenvalue weighted by molar-refractivity contribution is 7.87. The van der Waals surface area contributed by atoms with Gasteiger partial charge in [-0.15, -0.1) is 0 Å². The van der Waals surface area contributed by atoms with Crippen molar-refractivity contribution in [3.63, 3.8) is 0 Å². The molecule has 0 aromatic heterocycles. The van der Waals surface area contributed by atoms with E-state index in [4.69, 9.17) is 5.26 Å². The van der Waals surface area contributed by atoms with Gasteiger partial charge in [-0.2, -0.15) is 22.7 Å². The molecule has 0 spiro atoms. The Hall–Kier alpha value is -1.98. The van der Waals surface area contributed by atoms with Crippen LogP contribution in [0.5, 0.6) is 0 Å². The van der Waals surface area contributed by atoms with Crippen LogP contribution in [0.25, 0.3) is 10.8 Å². The predicted octanol–water partition coefficient (Wildman–Crippen LogP) is 1.80. The van der Waals surface area contributed by atoms with Crippen LogP contribution in [0.15, 0.2) is 42.5 Å². The number of nitrogens with zero attached hydrogens (tertiary/aromatic N) is 2. The highest BCUT2D eigenvalue weighted by Crippen LogP contribution is 2.20. The summed E-state index contributed by atoms with van der Waals surface area (Å²) in [5.74, 6) is -0.406. The third-order valence-electron chi connectivity index (χ3n) is 3.78. The van der Waals surface area contributed by atoms with Gasteiger partial charge in [0.2, 0.25) is 0 Å². The second-order valence-corrected chi connectivity index (χ2v) is 7.65. The molecule has 2 aromatic rings. The molecule has 0 fully saturated rings. The Bertz CT molecular complexity index is 846. The summed E-state index contributed by atoms with van der Waals surface area (Å²) in [4.78, 5) is 0. The Morgan fingerprint density at radius 2 is 1.92 bits per heavy atom. The fourth-order valence-corrected chi connectivity index (χ4v) is 3.36. The van der Waals surface area contributed by atoms with Crippen molar-refractivity contribution in [2.24, 2.45) is 5.92 Å². The monoisotopic (exact) mass is 347 g/mol. The molecule has 2 N–H and O–H groups in total. The molecule has 24 heavy (non-hydrogen) atoms. The molecule has 6 nitrogen and oxygen atoms in total. The number of benzene rings is 2. The van der Waals surface area contributed by atoms with Gasteiger partial charge >= 0.3 is 0 Å². The largest absolute Gasteiger partial charge is 0.387 e. The zero-order valence-electron chi connectivity index (χ0n) is 13.7. The van der Waals surface area contributed by atoms with E-state index < -0.39 is 22.2 Å². The molecule has 0 saturated carbocycles. The van der Waals surface area contributed by atoms with Gasteiger partial charge < -0.3 is 5.11 Å². The Labute approximate surface area is 142 Å². The molecule has 7 heteroatoms. The lowest BCUT2D eigenvalue weighted by atomic mass is 10.0. The second kappa shape index (κ2) is 7.73. The number of hydrogen-bond acceptors (Lipinski definition) is 4. The van der Waals surface area contributed by atoms with Gasteiger partial charge in [-0.05, 0) is 29.3 Å². The molecular formula is C17H21N3O3S. The van der Waals surface area contributed by atoms with Crippen molar-refractivity contribution >= 4 is 21.0 Å². The number of hydrogen-bond donors (Lipinski definition) is 2. The molecule has 0 heterocycles. The number of nitriles is 1. The maximum atomic E-state index is 12.1. The molecule has 0 radical (unpaired) electrons. The third-order valence-corrected chi connectivity index (χ3v) is 5.28. The standard InChI is InChI=1S/C17H21N3O3S/c1-13(10-18)12-20(2)24(22,23)19-11-17(21)16-8-7-14-5-3-4-6-15(14)9-16/h3-9,13,17,19,21H,11-12H2,1-2H3. The topological polar surface area (TPSA) is 93.4 Å². The van der Waals surface area contributed by atoms with Crippen LogP contribution in [0, 0.1) is 17.2 Å². The lowest BCUT2D eigenvalue weighted by Crippen LogP contribution is -2.41. The van der Waals surface area contributed by atoms with Crippen molar-refractivity contribution in [2.45, 2.75) is 13.0 Å². The fraction of sp³-hybridized carbons (Fsp3) is 0.353. The molecule has 0 saturated heterocycles. The van der Waals surface area contributed by atoms with Crippen LogP contribution in [0.2, 0.25) is 0 Å². The quantitative estimate of drug-likeness (QED) is 0.798. The van der Waals surface area contributed by atoms with Gasteiger partial charge in [0.05, 0.1) is 18.1 Å². The van der Waals surface area contributed by atoms with E-state index >= 15 is 0 Å². The van der Waals surface area contributed by atoms with Crippen molar-refractivity contribution < 1.29 is 13.5 Å². The molecule has 0 aliphatic heterocycles. The zero-order valence-corrected chi connectivity index (χ0v) is 14.5. The van der Waals surface area contributed by atoms with Crippen molar-refractivity contribution in [3.05, 3.63) is 48.0 Å². The van der Waals surface area contributed by atoms with E-state index in [9.17, 15) is 13.5 Å². The summed E-state index contributed by atoms with van der Waals surface area (Å²) < 4.78 is 27.7. The Morgan fingerprint density at radius 1 is 1.25 bits per heavy atom. The molecule has 0 amide bonds. The van der Waals surface area contributed by atoms with Crippen LogP contribution in [0.3, 0.4) is 0 Å².